The molecule has 0 unspecified atom stereocenters. The van der Waals surface area contributed by atoms with Gasteiger partial charge >= 0.3 is 11.8 Å². The first kappa shape index (κ1) is 17.0. The predicted octanol–water partition coefficient (Wildman–Crippen LogP) is 4.34. The lowest BCUT2D eigenvalue weighted by molar-refractivity contribution is 0.0916. The Morgan fingerprint density at radius 3 is 2.52 bits per heavy atom. The second kappa shape index (κ2) is 6.72. The van der Waals surface area contributed by atoms with Crippen molar-refractivity contribution in [3.05, 3.63) is 70.6 Å². The van der Waals surface area contributed by atoms with Crippen molar-refractivity contribution in [2.75, 3.05) is 0 Å². The minimum atomic E-state index is -0.415. The van der Waals surface area contributed by atoms with Crippen LogP contribution in [0.5, 0.6) is 0 Å². The third-order valence-electron chi connectivity index (χ3n) is 4.67. The van der Waals surface area contributed by atoms with Crippen molar-refractivity contribution in [1.29, 1.82) is 0 Å². The molecule has 2 aromatic heterocycles. The number of furan rings is 1. The first-order valence-corrected chi connectivity index (χ1v) is 8.70. The number of rotatable bonds is 4. The number of hydrogen-bond donors (Lipinski definition) is 1. The van der Waals surface area contributed by atoms with E-state index in [-0.39, 0.29) is 11.8 Å². The van der Waals surface area contributed by atoms with Gasteiger partial charge in [0, 0.05) is 17.5 Å². The predicted molar refractivity (Wildman–Crippen MR) is 101 cm³/mol. The highest BCUT2D eigenvalue weighted by molar-refractivity contribution is 5.90. The summed E-state index contributed by atoms with van der Waals surface area (Å²) < 4.78 is 11.5. The van der Waals surface area contributed by atoms with Gasteiger partial charge in [0.2, 0.25) is 0 Å². The molecule has 2 aromatic carbocycles. The lowest BCUT2D eigenvalue weighted by Gasteiger charge is -2.05. The van der Waals surface area contributed by atoms with Gasteiger partial charge in [-0.2, -0.15) is 0 Å². The maximum absolute atomic E-state index is 12.3. The normalized spacial score (nSPS) is 11.1. The van der Waals surface area contributed by atoms with E-state index in [1.54, 1.807) is 0 Å². The van der Waals surface area contributed by atoms with Gasteiger partial charge in [0.25, 0.3) is 5.89 Å². The molecule has 0 spiro atoms. The fourth-order valence-electron chi connectivity index (χ4n) is 3.05. The summed E-state index contributed by atoms with van der Waals surface area (Å²) in [6.07, 6.45) is 0. The van der Waals surface area contributed by atoms with Crippen molar-refractivity contribution < 1.29 is 13.6 Å². The Labute approximate surface area is 156 Å². The molecular formula is C21H19N3O3. The molecule has 4 aromatic rings. The fourth-order valence-corrected chi connectivity index (χ4v) is 3.05. The van der Waals surface area contributed by atoms with Crippen LogP contribution in [0.25, 0.3) is 22.6 Å². The number of amides is 1. The standard InChI is InChI=1S/C21H19N3O3/c1-12-7-4-5-9-15(12)11-22-19(25)21-24-23-20(27-21)18-14(3)16-10-6-8-13(2)17(16)26-18/h4-10H,11H2,1-3H3,(H,22,25). The van der Waals surface area contributed by atoms with Crippen molar-refractivity contribution in [2.45, 2.75) is 27.3 Å². The number of benzene rings is 2. The maximum atomic E-state index is 12.3. The average Bonchev–Trinajstić information content (AvgIpc) is 3.27. The smallest absolute Gasteiger partial charge is 0.309 e. The fraction of sp³-hybridized carbons (Fsp3) is 0.190. The molecule has 0 atom stereocenters. The molecule has 0 saturated carbocycles. The van der Waals surface area contributed by atoms with E-state index in [9.17, 15) is 4.79 Å². The summed E-state index contributed by atoms with van der Waals surface area (Å²) in [5, 5.41) is 11.7. The van der Waals surface area contributed by atoms with Crippen LogP contribution in [-0.2, 0) is 6.54 Å². The first-order chi connectivity index (χ1) is 13.0. The Bertz CT molecular complexity index is 1140. The zero-order valence-corrected chi connectivity index (χ0v) is 15.4. The molecule has 0 saturated heterocycles. The van der Waals surface area contributed by atoms with E-state index in [1.165, 1.54) is 0 Å². The molecule has 0 aliphatic carbocycles. The van der Waals surface area contributed by atoms with Crippen LogP contribution < -0.4 is 5.32 Å². The number of hydrogen-bond acceptors (Lipinski definition) is 5. The van der Waals surface area contributed by atoms with Gasteiger partial charge in [0.15, 0.2) is 5.76 Å². The number of para-hydroxylation sites is 1. The van der Waals surface area contributed by atoms with Crippen LogP contribution in [0.3, 0.4) is 0 Å². The van der Waals surface area contributed by atoms with Gasteiger partial charge in [-0.15, -0.1) is 10.2 Å². The summed E-state index contributed by atoms with van der Waals surface area (Å²) in [5.41, 5.74) is 4.86. The number of aromatic nitrogens is 2. The molecular weight excluding hydrogens is 342 g/mol. The van der Waals surface area contributed by atoms with Gasteiger partial charge < -0.3 is 14.2 Å². The monoisotopic (exact) mass is 361 g/mol. The Hall–Kier alpha value is -3.41. The van der Waals surface area contributed by atoms with Crippen LogP contribution in [0, 0.1) is 20.8 Å². The average molecular weight is 361 g/mol. The molecule has 1 N–H and O–H groups in total. The number of nitrogens with zero attached hydrogens (tertiary/aromatic N) is 2. The van der Waals surface area contributed by atoms with E-state index >= 15 is 0 Å². The zero-order valence-electron chi connectivity index (χ0n) is 15.4. The van der Waals surface area contributed by atoms with Crippen LogP contribution in [0.2, 0.25) is 0 Å². The SMILES string of the molecule is Cc1ccccc1CNC(=O)c1nnc(-c2oc3c(C)cccc3c2C)o1. The van der Waals surface area contributed by atoms with Crippen LogP contribution >= 0.6 is 0 Å². The number of aryl methyl sites for hydroxylation is 3. The number of nitrogens with one attached hydrogen (secondary N) is 1. The molecule has 0 bridgehead atoms. The zero-order chi connectivity index (χ0) is 19.0. The molecule has 4 rings (SSSR count). The van der Waals surface area contributed by atoms with Crippen molar-refractivity contribution in [3.63, 3.8) is 0 Å². The summed E-state index contributed by atoms with van der Waals surface area (Å²) in [4.78, 5) is 12.3. The minimum absolute atomic E-state index is 0.0878. The third-order valence-corrected chi connectivity index (χ3v) is 4.67. The van der Waals surface area contributed by atoms with Crippen molar-refractivity contribution in [2.24, 2.45) is 0 Å². The quantitative estimate of drug-likeness (QED) is 0.585. The van der Waals surface area contributed by atoms with E-state index < -0.39 is 5.91 Å². The van der Waals surface area contributed by atoms with Crippen LogP contribution in [-0.4, -0.2) is 16.1 Å². The Balaban J connectivity index is 1.57. The van der Waals surface area contributed by atoms with Gasteiger partial charge in [-0.3, -0.25) is 4.79 Å². The third kappa shape index (κ3) is 3.10. The van der Waals surface area contributed by atoms with Crippen LogP contribution in [0.1, 0.15) is 32.9 Å². The molecule has 0 radical (unpaired) electrons. The molecule has 1 amide bonds. The summed E-state index contributed by atoms with van der Waals surface area (Å²) in [7, 11) is 0. The van der Waals surface area contributed by atoms with E-state index in [0.717, 1.165) is 33.2 Å². The van der Waals surface area contributed by atoms with Crippen LogP contribution in [0.4, 0.5) is 0 Å². The number of fused-ring (bicyclic) bond motifs is 1. The van der Waals surface area contributed by atoms with Crippen LogP contribution in [0.15, 0.2) is 51.3 Å². The van der Waals surface area contributed by atoms with Gasteiger partial charge in [0.1, 0.15) is 5.58 Å². The van der Waals surface area contributed by atoms with Gasteiger partial charge in [0.05, 0.1) is 0 Å². The van der Waals surface area contributed by atoms with E-state index in [1.807, 2.05) is 63.2 Å². The summed E-state index contributed by atoms with van der Waals surface area (Å²) in [6.45, 7) is 6.31. The molecule has 0 aliphatic heterocycles. The highest BCUT2D eigenvalue weighted by Crippen LogP contribution is 2.33. The summed E-state index contributed by atoms with van der Waals surface area (Å²) >= 11 is 0. The molecule has 27 heavy (non-hydrogen) atoms. The van der Waals surface area contributed by atoms with E-state index in [0.29, 0.717) is 12.3 Å². The molecule has 0 aliphatic rings. The minimum Gasteiger partial charge on any atom is -0.450 e. The molecule has 0 fully saturated rings. The van der Waals surface area contributed by atoms with Gasteiger partial charge in [-0.1, -0.05) is 42.5 Å². The second-order valence-corrected chi connectivity index (χ2v) is 6.53. The van der Waals surface area contributed by atoms with Gasteiger partial charge in [-0.25, -0.2) is 0 Å². The summed E-state index contributed by atoms with van der Waals surface area (Å²) in [5.74, 6) is 0.186. The molecule has 6 heteroatoms. The van der Waals surface area contributed by atoms with E-state index in [2.05, 4.69) is 15.5 Å². The molecule has 2 heterocycles. The van der Waals surface area contributed by atoms with Crippen molar-refractivity contribution in [1.82, 2.24) is 15.5 Å². The number of carbonyl (C=O) groups is 1. The molecule has 136 valence electrons. The highest BCUT2D eigenvalue weighted by Gasteiger charge is 2.21. The van der Waals surface area contributed by atoms with Gasteiger partial charge in [-0.05, 0) is 37.5 Å². The Kier molecular flexibility index (Phi) is 4.24. The highest BCUT2D eigenvalue weighted by atomic mass is 16.4. The van der Waals surface area contributed by atoms with E-state index in [4.69, 9.17) is 8.83 Å². The first-order valence-electron chi connectivity index (χ1n) is 8.70. The molecule has 6 nitrogen and oxygen atoms in total. The Morgan fingerprint density at radius 2 is 1.74 bits per heavy atom. The lowest BCUT2D eigenvalue weighted by atomic mass is 10.1. The van der Waals surface area contributed by atoms with Crippen molar-refractivity contribution >= 4 is 16.9 Å². The Morgan fingerprint density at radius 1 is 0.963 bits per heavy atom. The largest absolute Gasteiger partial charge is 0.450 e. The number of carbonyl (C=O) groups excluding carboxylic acids is 1. The van der Waals surface area contributed by atoms with Crippen molar-refractivity contribution in [3.8, 4) is 11.7 Å². The second-order valence-electron chi connectivity index (χ2n) is 6.53. The maximum Gasteiger partial charge on any atom is 0.309 e. The summed E-state index contributed by atoms with van der Waals surface area (Å²) in [6, 6.07) is 13.8. The lowest BCUT2D eigenvalue weighted by Crippen LogP contribution is -2.23. The topological polar surface area (TPSA) is 81.2 Å².